The van der Waals surface area contributed by atoms with Crippen molar-refractivity contribution in [2.75, 3.05) is 0 Å². The molecule has 0 spiro atoms. The van der Waals surface area contributed by atoms with E-state index in [2.05, 4.69) is 33.4 Å². The molecule has 0 bridgehead atoms. The van der Waals surface area contributed by atoms with Crippen LogP contribution >= 0.6 is 7.60 Å². The summed E-state index contributed by atoms with van der Waals surface area (Å²) >= 11 is 0. The predicted molar refractivity (Wildman–Crippen MR) is 88.4 cm³/mol. The molecule has 124 valence electrons. The zero-order valence-corrected chi connectivity index (χ0v) is 14.6. The van der Waals surface area contributed by atoms with Gasteiger partial charge in [0.25, 0.3) is 0 Å². The number of aliphatic hydroxyl groups is 1. The van der Waals surface area contributed by atoms with E-state index < -0.39 is 19.0 Å². The van der Waals surface area contributed by atoms with Crippen LogP contribution in [0.1, 0.15) is 59.8 Å². The summed E-state index contributed by atoms with van der Waals surface area (Å²) in [5.74, 6) is -0.00563. The summed E-state index contributed by atoms with van der Waals surface area (Å²) in [6.45, 7) is 11.6. The first kappa shape index (κ1) is 20.4. The van der Waals surface area contributed by atoms with Gasteiger partial charge in [0.15, 0.2) is 0 Å². The average molecular weight is 318 g/mol. The molecular weight excluding hydrogens is 287 g/mol. The second kappa shape index (κ2) is 9.45. The molecule has 0 saturated heterocycles. The van der Waals surface area contributed by atoms with Gasteiger partial charge in [-0.2, -0.15) is 0 Å². The Labute approximate surface area is 129 Å². The topological polar surface area (TPSA) is 77.8 Å². The van der Waals surface area contributed by atoms with Crippen LogP contribution in [0.25, 0.3) is 0 Å². The lowest BCUT2D eigenvalue weighted by Gasteiger charge is -2.23. The summed E-state index contributed by atoms with van der Waals surface area (Å²) in [6.07, 6.45) is 6.98. The van der Waals surface area contributed by atoms with E-state index in [1.54, 1.807) is 6.92 Å². The van der Waals surface area contributed by atoms with Gasteiger partial charge >= 0.3 is 7.60 Å². The van der Waals surface area contributed by atoms with Crippen LogP contribution in [0.2, 0.25) is 0 Å². The zero-order valence-electron chi connectivity index (χ0n) is 13.7. The Morgan fingerprint density at radius 3 is 2.24 bits per heavy atom. The normalized spacial score (nSPS) is 16.0. The summed E-state index contributed by atoms with van der Waals surface area (Å²) in [5.41, 5.74) is 0.158. The van der Waals surface area contributed by atoms with E-state index in [1.165, 1.54) is 18.4 Å². The lowest BCUT2D eigenvalue weighted by atomic mass is 9.98. The first-order valence-electron chi connectivity index (χ1n) is 7.64. The number of hydrogen-bond donors (Lipinski definition) is 3. The molecule has 0 aromatic heterocycles. The fourth-order valence-corrected chi connectivity index (χ4v) is 3.70. The van der Waals surface area contributed by atoms with Crippen molar-refractivity contribution < 1.29 is 19.5 Å². The summed E-state index contributed by atoms with van der Waals surface area (Å²) in [6, 6.07) is 0. The molecule has 0 aromatic rings. The van der Waals surface area contributed by atoms with Crippen molar-refractivity contribution in [3.8, 4) is 0 Å². The van der Waals surface area contributed by atoms with Gasteiger partial charge < -0.3 is 14.9 Å². The maximum atomic E-state index is 11.4. The van der Waals surface area contributed by atoms with Crippen LogP contribution in [-0.2, 0) is 4.57 Å². The van der Waals surface area contributed by atoms with Gasteiger partial charge in [0.1, 0.15) is 11.4 Å². The van der Waals surface area contributed by atoms with Crippen molar-refractivity contribution in [3.63, 3.8) is 0 Å². The van der Waals surface area contributed by atoms with Crippen LogP contribution in [0.5, 0.6) is 0 Å². The molecule has 2 unspecified atom stereocenters. The Bertz CT molecular complexity index is 395. The van der Waals surface area contributed by atoms with Gasteiger partial charge in [0.2, 0.25) is 0 Å². The van der Waals surface area contributed by atoms with E-state index in [1.807, 2.05) is 0 Å². The molecule has 0 rings (SSSR count). The third-order valence-electron chi connectivity index (χ3n) is 3.71. The molecule has 0 amide bonds. The van der Waals surface area contributed by atoms with Crippen LogP contribution in [0, 0.1) is 11.8 Å². The minimum atomic E-state index is -4.35. The number of aliphatic hydroxyl groups excluding tert-OH is 1. The standard InChI is InChI=1S/C16H31O4P/c1-12(2)8-6-9-13(3)10-7-11-14(4)16(15(5)17)21(18,19)20/h10,12,14,16-17H,5-9,11H2,1-4H3,(H2,18,19,20)/b13-10+. The molecule has 21 heavy (non-hydrogen) atoms. The van der Waals surface area contributed by atoms with Crippen molar-refractivity contribution in [2.45, 2.75) is 65.5 Å². The van der Waals surface area contributed by atoms with Crippen molar-refractivity contribution in [1.29, 1.82) is 0 Å². The third-order valence-corrected chi connectivity index (χ3v) is 5.24. The lowest BCUT2D eigenvalue weighted by molar-refractivity contribution is 0.300. The highest BCUT2D eigenvalue weighted by atomic mass is 31.2. The molecule has 3 N–H and O–H groups in total. The fourth-order valence-electron chi connectivity index (χ4n) is 2.50. The molecule has 5 heteroatoms. The van der Waals surface area contributed by atoms with E-state index in [4.69, 9.17) is 0 Å². The first-order chi connectivity index (χ1) is 9.55. The lowest BCUT2D eigenvalue weighted by Crippen LogP contribution is -2.20. The second-order valence-electron chi connectivity index (χ2n) is 6.42. The SMILES string of the molecule is C=C(O)C(C(C)CC/C=C(\C)CCCC(C)C)P(=O)(O)O. The van der Waals surface area contributed by atoms with Crippen molar-refractivity contribution >= 4 is 7.60 Å². The van der Waals surface area contributed by atoms with Crippen LogP contribution in [0.3, 0.4) is 0 Å². The molecule has 0 fully saturated rings. The van der Waals surface area contributed by atoms with E-state index in [0.29, 0.717) is 6.42 Å². The number of hydrogen-bond acceptors (Lipinski definition) is 2. The van der Waals surface area contributed by atoms with E-state index in [9.17, 15) is 19.5 Å². The summed E-state index contributed by atoms with van der Waals surface area (Å²) in [7, 11) is -4.35. The quantitative estimate of drug-likeness (QED) is 0.307. The molecule has 0 aliphatic rings. The number of rotatable bonds is 10. The Hall–Kier alpha value is -0.570. The van der Waals surface area contributed by atoms with Crippen LogP contribution < -0.4 is 0 Å². The average Bonchev–Trinajstić information content (AvgIpc) is 2.25. The minimum absolute atomic E-state index is 0.303. The highest BCUT2D eigenvalue weighted by molar-refractivity contribution is 7.52. The van der Waals surface area contributed by atoms with Gasteiger partial charge in [0, 0.05) is 0 Å². The Morgan fingerprint density at radius 1 is 1.24 bits per heavy atom. The third kappa shape index (κ3) is 9.13. The van der Waals surface area contributed by atoms with Gasteiger partial charge in [-0.1, -0.05) is 45.4 Å². The van der Waals surface area contributed by atoms with Gasteiger partial charge in [-0.3, -0.25) is 4.57 Å². The smallest absolute Gasteiger partial charge is 0.336 e. The van der Waals surface area contributed by atoms with Gasteiger partial charge in [-0.25, -0.2) is 0 Å². The van der Waals surface area contributed by atoms with E-state index in [-0.39, 0.29) is 5.92 Å². The molecule has 0 aliphatic heterocycles. The highest BCUT2D eigenvalue weighted by Gasteiger charge is 2.35. The van der Waals surface area contributed by atoms with Crippen molar-refractivity contribution in [1.82, 2.24) is 0 Å². The Balaban J connectivity index is 4.31. The van der Waals surface area contributed by atoms with Crippen LogP contribution in [0.15, 0.2) is 24.0 Å². The molecule has 0 heterocycles. The predicted octanol–water partition coefficient (Wildman–Crippen LogP) is 4.79. The molecule has 0 aromatic carbocycles. The first-order valence-corrected chi connectivity index (χ1v) is 9.32. The Kier molecular flexibility index (Phi) is 9.19. The van der Waals surface area contributed by atoms with Gasteiger partial charge in [-0.05, 0) is 44.4 Å². The maximum absolute atomic E-state index is 11.4. The largest absolute Gasteiger partial charge is 0.512 e. The second-order valence-corrected chi connectivity index (χ2v) is 8.15. The molecule has 4 nitrogen and oxygen atoms in total. The van der Waals surface area contributed by atoms with E-state index >= 15 is 0 Å². The monoisotopic (exact) mass is 318 g/mol. The molecule has 2 atom stereocenters. The van der Waals surface area contributed by atoms with E-state index in [0.717, 1.165) is 18.8 Å². The maximum Gasteiger partial charge on any atom is 0.336 e. The molecule has 0 saturated carbocycles. The molecule has 0 radical (unpaired) electrons. The van der Waals surface area contributed by atoms with Gasteiger partial charge in [-0.15, -0.1) is 0 Å². The highest BCUT2D eigenvalue weighted by Crippen LogP contribution is 2.48. The van der Waals surface area contributed by atoms with Gasteiger partial charge in [0.05, 0.1) is 0 Å². The minimum Gasteiger partial charge on any atom is -0.512 e. The fraction of sp³-hybridized carbons (Fsp3) is 0.750. The zero-order chi connectivity index (χ0) is 16.6. The molecular formula is C16H31O4P. The number of allylic oxidation sites excluding steroid dienone is 3. The summed E-state index contributed by atoms with van der Waals surface area (Å²) in [5, 5.41) is 9.39. The van der Waals surface area contributed by atoms with Crippen molar-refractivity contribution in [3.05, 3.63) is 24.0 Å². The molecule has 0 aliphatic carbocycles. The van der Waals surface area contributed by atoms with Crippen LogP contribution in [0.4, 0.5) is 0 Å². The van der Waals surface area contributed by atoms with Crippen LogP contribution in [-0.4, -0.2) is 20.6 Å². The Morgan fingerprint density at radius 2 is 1.81 bits per heavy atom. The summed E-state index contributed by atoms with van der Waals surface area (Å²) < 4.78 is 11.4. The summed E-state index contributed by atoms with van der Waals surface area (Å²) in [4.78, 5) is 18.5. The van der Waals surface area contributed by atoms with Crippen molar-refractivity contribution in [2.24, 2.45) is 11.8 Å².